The monoisotopic (exact) mass is 258 g/mol. The number of nitrogens with zero attached hydrogens (tertiary/aromatic N) is 1. The van der Waals surface area contributed by atoms with E-state index in [4.69, 9.17) is 0 Å². The van der Waals surface area contributed by atoms with Crippen LogP contribution in [0.1, 0.15) is 6.92 Å². The zero-order valence-corrected chi connectivity index (χ0v) is 10.8. The van der Waals surface area contributed by atoms with Gasteiger partial charge in [0.1, 0.15) is 5.82 Å². The number of hydrogen-bond donors (Lipinski definition) is 3. The van der Waals surface area contributed by atoms with Gasteiger partial charge in [0.15, 0.2) is 0 Å². The van der Waals surface area contributed by atoms with Crippen LogP contribution in [0.15, 0.2) is 18.3 Å². The molecule has 96 valence electrons. The zero-order valence-electron chi connectivity index (χ0n) is 10.0. The molecule has 17 heavy (non-hydrogen) atoms. The quantitative estimate of drug-likeness (QED) is 0.619. The van der Waals surface area contributed by atoms with Crippen LogP contribution in [-0.4, -0.2) is 39.3 Å². The van der Waals surface area contributed by atoms with E-state index in [2.05, 4.69) is 20.3 Å². The predicted octanol–water partition coefficient (Wildman–Crippen LogP) is 0.474. The van der Waals surface area contributed by atoms with Gasteiger partial charge in [0.25, 0.3) is 0 Å². The molecule has 0 radical (unpaired) electrons. The molecule has 0 unspecified atom stereocenters. The fourth-order valence-electron chi connectivity index (χ4n) is 1.26. The molecule has 6 nitrogen and oxygen atoms in total. The molecule has 0 amide bonds. The Kier molecular flexibility index (Phi) is 5.17. The third-order valence-corrected chi connectivity index (χ3v) is 2.66. The van der Waals surface area contributed by atoms with Crippen molar-refractivity contribution >= 4 is 21.5 Å². The highest BCUT2D eigenvalue weighted by molar-refractivity contribution is 7.88. The summed E-state index contributed by atoms with van der Waals surface area (Å²) in [5, 5.41) is 6.21. The van der Waals surface area contributed by atoms with Gasteiger partial charge >= 0.3 is 0 Å². The van der Waals surface area contributed by atoms with E-state index in [9.17, 15) is 8.42 Å². The lowest BCUT2D eigenvalue weighted by Gasteiger charge is -2.08. The average Bonchev–Trinajstić information content (AvgIpc) is 2.24. The summed E-state index contributed by atoms with van der Waals surface area (Å²) in [4.78, 5) is 4.13. The molecule has 7 heteroatoms. The standard InChI is InChI=1S/C10H18N4O2S/c1-3-11-10-8-9(4-5-13-10)12-6-7-14-17(2,15)16/h4-5,8,14H,3,6-7H2,1-2H3,(H2,11,12,13). The molecule has 1 aromatic heterocycles. The van der Waals surface area contributed by atoms with Crippen molar-refractivity contribution in [3.63, 3.8) is 0 Å². The summed E-state index contributed by atoms with van der Waals surface area (Å²) in [6, 6.07) is 3.71. The topological polar surface area (TPSA) is 83.1 Å². The molecule has 0 atom stereocenters. The van der Waals surface area contributed by atoms with E-state index >= 15 is 0 Å². The van der Waals surface area contributed by atoms with Crippen molar-refractivity contribution in [2.24, 2.45) is 0 Å². The maximum Gasteiger partial charge on any atom is 0.208 e. The van der Waals surface area contributed by atoms with Crippen LogP contribution in [0, 0.1) is 0 Å². The lowest BCUT2D eigenvalue weighted by Crippen LogP contribution is -2.27. The first-order valence-corrected chi connectivity index (χ1v) is 7.29. The Morgan fingerprint density at radius 2 is 2.06 bits per heavy atom. The number of nitrogens with one attached hydrogen (secondary N) is 3. The van der Waals surface area contributed by atoms with Gasteiger partial charge in [-0.05, 0) is 13.0 Å². The fourth-order valence-corrected chi connectivity index (χ4v) is 1.73. The van der Waals surface area contributed by atoms with E-state index in [0.717, 1.165) is 24.3 Å². The van der Waals surface area contributed by atoms with Crippen LogP contribution in [0.25, 0.3) is 0 Å². The number of pyridine rings is 1. The van der Waals surface area contributed by atoms with Crippen molar-refractivity contribution < 1.29 is 8.42 Å². The number of rotatable bonds is 7. The molecule has 0 fully saturated rings. The van der Waals surface area contributed by atoms with Gasteiger partial charge in [-0.1, -0.05) is 0 Å². The molecule has 1 rings (SSSR count). The van der Waals surface area contributed by atoms with Crippen LogP contribution in [0.2, 0.25) is 0 Å². The van der Waals surface area contributed by atoms with Gasteiger partial charge in [-0.3, -0.25) is 0 Å². The zero-order chi connectivity index (χ0) is 12.7. The molecule has 1 heterocycles. The largest absolute Gasteiger partial charge is 0.384 e. The average molecular weight is 258 g/mol. The Labute approximate surface area is 102 Å². The Bertz CT molecular complexity index is 447. The molecule has 0 spiro atoms. The van der Waals surface area contributed by atoms with Gasteiger partial charge in [0.2, 0.25) is 10.0 Å². The second-order valence-electron chi connectivity index (χ2n) is 3.55. The smallest absolute Gasteiger partial charge is 0.208 e. The van der Waals surface area contributed by atoms with Crippen molar-refractivity contribution in [1.29, 1.82) is 0 Å². The number of sulfonamides is 1. The van der Waals surface area contributed by atoms with Crippen LogP contribution in [-0.2, 0) is 10.0 Å². The predicted molar refractivity (Wildman–Crippen MR) is 69.7 cm³/mol. The molecule has 0 saturated heterocycles. The molecule has 1 aromatic rings. The number of anilines is 2. The van der Waals surface area contributed by atoms with Gasteiger partial charge < -0.3 is 10.6 Å². The molecule has 0 aromatic carbocycles. The Morgan fingerprint density at radius 1 is 1.29 bits per heavy atom. The lowest BCUT2D eigenvalue weighted by atomic mass is 10.4. The Balaban J connectivity index is 2.38. The molecular weight excluding hydrogens is 240 g/mol. The third-order valence-electron chi connectivity index (χ3n) is 1.94. The third kappa shape index (κ3) is 6.08. The maximum atomic E-state index is 10.8. The minimum atomic E-state index is -3.11. The molecule has 0 saturated carbocycles. The molecule has 3 N–H and O–H groups in total. The van der Waals surface area contributed by atoms with E-state index in [-0.39, 0.29) is 0 Å². The summed E-state index contributed by atoms with van der Waals surface area (Å²) in [7, 11) is -3.11. The van der Waals surface area contributed by atoms with E-state index < -0.39 is 10.0 Å². The van der Waals surface area contributed by atoms with Gasteiger partial charge in [-0.25, -0.2) is 18.1 Å². The van der Waals surface area contributed by atoms with Crippen LogP contribution < -0.4 is 15.4 Å². The second kappa shape index (κ2) is 6.41. The summed E-state index contributed by atoms with van der Waals surface area (Å²) in [5.41, 5.74) is 0.909. The van der Waals surface area contributed by atoms with Crippen LogP contribution in [0.3, 0.4) is 0 Å². The summed E-state index contributed by atoms with van der Waals surface area (Å²) < 4.78 is 24.1. The highest BCUT2D eigenvalue weighted by Gasteiger charge is 1.99. The SMILES string of the molecule is CCNc1cc(NCCNS(C)(=O)=O)ccn1. The van der Waals surface area contributed by atoms with E-state index in [1.807, 2.05) is 19.1 Å². The molecule has 0 bridgehead atoms. The highest BCUT2D eigenvalue weighted by Crippen LogP contribution is 2.10. The summed E-state index contributed by atoms with van der Waals surface area (Å²) in [5.74, 6) is 0.800. The van der Waals surface area contributed by atoms with Gasteiger partial charge in [-0.2, -0.15) is 0 Å². The van der Waals surface area contributed by atoms with Crippen LogP contribution in [0.4, 0.5) is 11.5 Å². The first-order valence-electron chi connectivity index (χ1n) is 5.39. The second-order valence-corrected chi connectivity index (χ2v) is 5.39. The highest BCUT2D eigenvalue weighted by atomic mass is 32.2. The van der Waals surface area contributed by atoms with Crippen molar-refractivity contribution in [3.05, 3.63) is 18.3 Å². The maximum absolute atomic E-state index is 10.8. The lowest BCUT2D eigenvalue weighted by molar-refractivity contribution is 0.589. The first kappa shape index (κ1) is 13.7. The van der Waals surface area contributed by atoms with Crippen molar-refractivity contribution in [1.82, 2.24) is 9.71 Å². The molecule has 0 aliphatic rings. The van der Waals surface area contributed by atoms with Crippen molar-refractivity contribution in [2.45, 2.75) is 6.92 Å². The summed E-state index contributed by atoms with van der Waals surface area (Å²) in [6.07, 6.45) is 2.84. The Morgan fingerprint density at radius 3 is 2.71 bits per heavy atom. The van der Waals surface area contributed by atoms with E-state index in [1.165, 1.54) is 0 Å². The van der Waals surface area contributed by atoms with Crippen LogP contribution >= 0.6 is 0 Å². The number of hydrogen-bond acceptors (Lipinski definition) is 5. The Hall–Kier alpha value is -1.34. The van der Waals surface area contributed by atoms with Crippen LogP contribution in [0.5, 0.6) is 0 Å². The van der Waals surface area contributed by atoms with Crippen molar-refractivity contribution in [3.8, 4) is 0 Å². The van der Waals surface area contributed by atoms with Gasteiger partial charge in [0.05, 0.1) is 6.26 Å². The molecule has 0 aliphatic carbocycles. The summed E-state index contributed by atoms with van der Waals surface area (Å²) in [6.45, 7) is 3.70. The fraction of sp³-hybridized carbons (Fsp3) is 0.500. The van der Waals surface area contributed by atoms with Gasteiger partial charge in [-0.15, -0.1) is 0 Å². The minimum Gasteiger partial charge on any atom is -0.384 e. The minimum absolute atomic E-state index is 0.359. The molecule has 0 aliphatic heterocycles. The normalized spacial score (nSPS) is 11.2. The van der Waals surface area contributed by atoms with Crippen molar-refractivity contribution in [2.75, 3.05) is 36.5 Å². The van der Waals surface area contributed by atoms with E-state index in [0.29, 0.717) is 13.1 Å². The first-order chi connectivity index (χ1) is 8.01. The summed E-state index contributed by atoms with van der Waals surface area (Å²) >= 11 is 0. The molecular formula is C10H18N4O2S. The van der Waals surface area contributed by atoms with Gasteiger partial charge in [0, 0.05) is 37.6 Å². The number of aromatic nitrogens is 1. The van der Waals surface area contributed by atoms with E-state index in [1.54, 1.807) is 6.20 Å².